The van der Waals surface area contributed by atoms with Crippen LogP contribution in [0.3, 0.4) is 0 Å². The van der Waals surface area contributed by atoms with Gasteiger partial charge in [0.05, 0.1) is 7.11 Å². The molecule has 1 aliphatic heterocycles. The first-order chi connectivity index (χ1) is 17.4. The van der Waals surface area contributed by atoms with Crippen LogP contribution in [0.1, 0.15) is 24.0 Å². The Balaban J connectivity index is 1.74. The third-order valence-corrected chi connectivity index (χ3v) is 8.69. The van der Waals surface area contributed by atoms with Gasteiger partial charge in [-0.15, -0.1) is 0 Å². The lowest BCUT2D eigenvalue weighted by Crippen LogP contribution is -2.63. The molecule has 1 saturated heterocycles. The summed E-state index contributed by atoms with van der Waals surface area (Å²) in [6.07, 6.45) is 0.431. The first-order valence-corrected chi connectivity index (χ1v) is 13.3. The predicted octanol–water partition coefficient (Wildman–Crippen LogP) is 3.43. The second-order valence-corrected chi connectivity index (χ2v) is 10.7. The maximum atomic E-state index is 14.2. The second-order valence-electron chi connectivity index (χ2n) is 8.88. The van der Waals surface area contributed by atoms with Gasteiger partial charge >= 0.3 is 0 Å². The highest BCUT2D eigenvalue weighted by Crippen LogP contribution is 2.38. The molecule has 1 aliphatic rings. The predicted molar refractivity (Wildman–Crippen MR) is 136 cm³/mol. The topological polar surface area (TPSA) is 99.2 Å². The summed E-state index contributed by atoms with van der Waals surface area (Å²) in [5, 5.41) is 9.75. The van der Waals surface area contributed by atoms with Crippen LogP contribution >= 0.6 is 0 Å². The van der Waals surface area contributed by atoms with Crippen molar-refractivity contribution in [2.45, 2.75) is 36.4 Å². The molecule has 2 N–H and O–H groups in total. The summed E-state index contributed by atoms with van der Waals surface area (Å²) < 4.78 is 35.0. The van der Waals surface area contributed by atoms with Gasteiger partial charge in [0.15, 0.2) is 0 Å². The highest BCUT2D eigenvalue weighted by atomic mass is 32.2. The fourth-order valence-corrected chi connectivity index (χ4v) is 6.72. The van der Waals surface area contributed by atoms with Crippen molar-refractivity contribution in [3.05, 3.63) is 96.1 Å². The molecule has 1 fully saturated rings. The van der Waals surface area contributed by atoms with Gasteiger partial charge in [0.2, 0.25) is 10.0 Å². The summed E-state index contributed by atoms with van der Waals surface area (Å²) in [5.41, 5.74) is 2.14. The van der Waals surface area contributed by atoms with Gasteiger partial charge in [0.25, 0.3) is 5.91 Å². The number of carbonyl (C=O) groups is 1. The number of piperidine rings is 1. The van der Waals surface area contributed by atoms with Crippen LogP contribution in [-0.2, 0) is 27.9 Å². The minimum Gasteiger partial charge on any atom is -0.495 e. The number of hydrogen-bond donors (Lipinski definition) is 2. The summed E-state index contributed by atoms with van der Waals surface area (Å²) >= 11 is 0. The van der Waals surface area contributed by atoms with Crippen LogP contribution in [0.15, 0.2) is 89.8 Å². The summed E-state index contributed by atoms with van der Waals surface area (Å²) in [7, 11) is -2.80. The number of hydrogen-bond acceptors (Lipinski definition) is 6. The minimum atomic E-state index is -4.21. The summed E-state index contributed by atoms with van der Waals surface area (Å²) in [6, 6.07) is 25.5. The minimum absolute atomic E-state index is 0.0275. The maximum Gasteiger partial charge on any atom is 0.265 e. The number of benzene rings is 3. The molecule has 4 rings (SSSR count). The van der Waals surface area contributed by atoms with Gasteiger partial charge in [-0.2, -0.15) is 4.31 Å². The van der Waals surface area contributed by atoms with E-state index in [0.717, 1.165) is 11.1 Å². The van der Waals surface area contributed by atoms with Gasteiger partial charge in [0.1, 0.15) is 16.2 Å². The van der Waals surface area contributed by atoms with E-state index >= 15 is 0 Å². The molecule has 9 heteroatoms. The Morgan fingerprint density at radius 2 is 1.50 bits per heavy atom. The van der Waals surface area contributed by atoms with E-state index in [-0.39, 0.29) is 30.0 Å². The highest BCUT2D eigenvalue weighted by Gasteiger charge is 2.52. The summed E-state index contributed by atoms with van der Waals surface area (Å²) in [5.74, 6) is -0.548. The molecule has 0 atom stereocenters. The number of ether oxygens (including phenoxy) is 1. The number of hydroxylamine groups is 1. The number of sulfonamides is 1. The molecule has 3 aromatic rings. The molecule has 190 valence electrons. The van der Waals surface area contributed by atoms with Crippen LogP contribution in [0.4, 0.5) is 0 Å². The normalized spacial score (nSPS) is 16.0. The SMILES string of the molecule is COc1ccccc1S(=O)(=O)N(Cc1ccccc1)C1(C(=O)NO)CCN(Cc2ccccc2)CC1. The molecule has 3 aromatic carbocycles. The van der Waals surface area contributed by atoms with E-state index in [2.05, 4.69) is 4.90 Å². The number of para-hydroxylation sites is 1. The Bertz CT molecular complexity index is 1260. The zero-order valence-electron chi connectivity index (χ0n) is 20.2. The van der Waals surface area contributed by atoms with Crippen molar-refractivity contribution in [3.63, 3.8) is 0 Å². The lowest BCUT2D eigenvalue weighted by atomic mass is 9.86. The highest BCUT2D eigenvalue weighted by molar-refractivity contribution is 7.89. The largest absolute Gasteiger partial charge is 0.495 e. The van der Waals surface area contributed by atoms with Crippen molar-refractivity contribution in [1.82, 2.24) is 14.7 Å². The van der Waals surface area contributed by atoms with Crippen LogP contribution in [-0.4, -0.2) is 54.5 Å². The standard InChI is InChI=1S/C27H31N3O5S/c1-35-24-14-8-9-15-25(24)36(33,34)30(21-23-12-6-3-7-13-23)27(26(31)28-32)16-18-29(19-17-27)20-22-10-4-2-5-11-22/h2-15,32H,16-21H2,1H3,(H,28,31). The Hall–Kier alpha value is -3.24. The zero-order chi connectivity index (χ0) is 25.6. The van der Waals surface area contributed by atoms with Gasteiger partial charge in [-0.05, 0) is 36.1 Å². The van der Waals surface area contributed by atoms with Crippen molar-refractivity contribution in [1.29, 1.82) is 0 Å². The van der Waals surface area contributed by atoms with E-state index in [4.69, 9.17) is 4.74 Å². The first kappa shape index (κ1) is 25.8. The van der Waals surface area contributed by atoms with E-state index in [1.54, 1.807) is 23.7 Å². The molecule has 8 nitrogen and oxygen atoms in total. The number of methoxy groups -OCH3 is 1. The van der Waals surface area contributed by atoms with Crippen LogP contribution in [0.5, 0.6) is 5.75 Å². The maximum absolute atomic E-state index is 14.2. The fraction of sp³-hybridized carbons (Fsp3) is 0.296. The van der Waals surface area contributed by atoms with Crippen LogP contribution < -0.4 is 10.2 Å². The van der Waals surface area contributed by atoms with Crippen molar-refractivity contribution in [2.75, 3.05) is 20.2 Å². The Morgan fingerprint density at radius 1 is 0.944 bits per heavy atom. The lowest BCUT2D eigenvalue weighted by molar-refractivity contribution is -0.142. The van der Waals surface area contributed by atoms with Crippen molar-refractivity contribution < 1.29 is 23.2 Å². The van der Waals surface area contributed by atoms with Gasteiger partial charge in [0, 0.05) is 26.2 Å². The average molecular weight is 510 g/mol. The molecule has 0 saturated carbocycles. The Morgan fingerprint density at radius 3 is 2.08 bits per heavy atom. The number of nitrogens with zero attached hydrogens (tertiary/aromatic N) is 2. The lowest BCUT2D eigenvalue weighted by Gasteiger charge is -2.46. The number of rotatable bonds is 9. The first-order valence-electron chi connectivity index (χ1n) is 11.8. The Labute approximate surface area is 212 Å². The summed E-state index contributed by atoms with van der Waals surface area (Å²) in [4.78, 5) is 15.5. The van der Waals surface area contributed by atoms with E-state index in [1.807, 2.05) is 60.7 Å². The molecule has 0 aromatic heterocycles. The van der Waals surface area contributed by atoms with Gasteiger partial charge in [-0.1, -0.05) is 72.8 Å². The quantitative estimate of drug-likeness (QED) is 0.339. The molecule has 0 radical (unpaired) electrons. The molecule has 0 bridgehead atoms. The monoisotopic (exact) mass is 509 g/mol. The fourth-order valence-electron chi connectivity index (χ4n) is 4.78. The van der Waals surface area contributed by atoms with E-state index < -0.39 is 21.5 Å². The third kappa shape index (κ3) is 5.29. The molecular formula is C27H31N3O5S. The number of carbonyl (C=O) groups excluding carboxylic acids is 1. The Kier molecular flexibility index (Phi) is 8.05. The average Bonchev–Trinajstić information content (AvgIpc) is 2.93. The van der Waals surface area contributed by atoms with E-state index in [1.165, 1.54) is 17.5 Å². The van der Waals surface area contributed by atoms with E-state index in [0.29, 0.717) is 19.6 Å². The number of likely N-dealkylation sites (tertiary alicyclic amines) is 1. The van der Waals surface area contributed by atoms with Crippen LogP contribution in [0.2, 0.25) is 0 Å². The number of nitrogens with one attached hydrogen (secondary N) is 1. The van der Waals surface area contributed by atoms with Gasteiger partial charge < -0.3 is 4.74 Å². The number of amides is 1. The van der Waals surface area contributed by atoms with Crippen LogP contribution in [0.25, 0.3) is 0 Å². The molecule has 0 unspecified atom stereocenters. The molecule has 1 amide bonds. The molecule has 0 aliphatic carbocycles. The molecule has 36 heavy (non-hydrogen) atoms. The van der Waals surface area contributed by atoms with Gasteiger partial charge in [-0.3, -0.25) is 14.9 Å². The van der Waals surface area contributed by atoms with Crippen LogP contribution in [0, 0.1) is 0 Å². The van der Waals surface area contributed by atoms with E-state index in [9.17, 15) is 18.4 Å². The summed E-state index contributed by atoms with van der Waals surface area (Å²) in [6.45, 7) is 1.62. The van der Waals surface area contributed by atoms with Crippen molar-refractivity contribution in [3.8, 4) is 5.75 Å². The van der Waals surface area contributed by atoms with Crippen molar-refractivity contribution >= 4 is 15.9 Å². The molecule has 0 spiro atoms. The second kappa shape index (κ2) is 11.2. The third-order valence-electron chi connectivity index (χ3n) is 6.74. The zero-order valence-corrected chi connectivity index (χ0v) is 21.0. The van der Waals surface area contributed by atoms with Gasteiger partial charge in [-0.25, -0.2) is 13.9 Å². The smallest absolute Gasteiger partial charge is 0.265 e. The van der Waals surface area contributed by atoms with Crippen molar-refractivity contribution in [2.24, 2.45) is 0 Å². The molecular weight excluding hydrogens is 478 g/mol. The molecule has 1 heterocycles.